The molecule has 0 saturated carbocycles. The Hall–Kier alpha value is -1.63. The van der Waals surface area contributed by atoms with Gasteiger partial charge in [0.2, 0.25) is 0 Å². The van der Waals surface area contributed by atoms with Crippen LogP contribution in [0.15, 0.2) is 18.2 Å². The molecule has 2 aromatic rings. The Bertz CT molecular complexity index is 640. The van der Waals surface area contributed by atoms with E-state index in [2.05, 4.69) is 20.7 Å². The van der Waals surface area contributed by atoms with Crippen molar-refractivity contribution >= 4 is 40.5 Å². The fraction of sp³-hybridized carbons (Fsp3) is 0.231. The van der Waals surface area contributed by atoms with Crippen molar-refractivity contribution in [2.75, 3.05) is 10.7 Å². The van der Waals surface area contributed by atoms with Crippen molar-refractivity contribution in [3.8, 4) is 0 Å². The van der Waals surface area contributed by atoms with Gasteiger partial charge in [-0.2, -0.15) is 0 Å². The summed E-state index contributed by atoms with van der Waals surface area (Å²) in [6, 6.07) is 3.94. The molecule has 0 aliphatic rings. The zero-order valence-electron chi connectivity index (χ0n) is 11.4. The van der Waals surface area contributed by atoms with Crippen molar-refractivity contribution in [2.45, 2.75) is 19.8 Å². The maximum absolute atomic E-state index is 13.2. The van der Waals surface area contributed by atoms with Crippen LogP contribution in [-0.2, 0) is 0 Å². The van der Waals surface area contributed by atoms with Crippen LogP contribution in [-0.4, -0.2) is 9.97 Å². The zero-order valence-corrected chi connectivity index (χ0v) is 12.9. The van der Waals surface area contributed by atoms with E-state index in [4.69, 9.17) is 29.0 Å². The van der Waals surface area contributed by atoms with Gasteiger partial charge in [-0.25, -0.2) is 20.2 Å². The summed E-state index contributed by atoms with van der Waals surface area (Å²) >= 11 is 12.0. The van der Waals surface area contributed by atoms with Crippen LogP contribution in [0.2, 0.25) is 10.0 Å². The molecule has 5 nitrogen and oxygen atoms in total. The number of aromatic nitrogens is 2. The van der Waals surface area contributed by atoms with Crippen molar-refractivity contribution in [2.24, 2.45) is 5.84 Å². The molecule has 0 spiro atoms. The molecule has 1 heterocycles. The second kappa shape index (κ2) is 6.43. The quantitative estimate of drug-likeness (QED) is 0.582. The minimum absolute atomic E-state index is 0.109. The van der Waals surface area contributed by atoms with Crippen LogP contribution in [0.3, 0.4) is 0 Å². The van der Waals surface area contributed by atoms with Gasteiger partial charge in [0, 0.05) is 12.0 Å². The van der Waals surface area contributed by atoms with E-state index in [-0.39, 0.29) is 16.0 Å². The summed E-state index contributed by atoms with van der Waals surface area (Å²) in [5.41, 5.74) is 2.84. The second-order valence-electron chi connectivity index (χ2n) is 4.67. The van der Waals surface area contributed by atoms with Gasteiger partial charge in [0.15, 0.2) is 0 Å². The highest BCUT2D eigenvalue weighted by Crippen LogP contribution is 2.33. The largest absolute Gasteiger partial charge is 0.338 e. The first-order valence-electron chi connectivity index (χ1n) is 6.18. The number of rotatable bonds is 4. The molecule has 0 atom stereocenters. The Morgan fingerprint density at radius 1 is 1.10 bits per heavy atom. The Morgan fingerprint density at radius 3 is 2.19 bits per heavy atom. The van der Waals surface area contributed by atoms with Crippen molar-refractivity contribution in [1.29, 1.82) is 0 Å². The van der Waals surface area contributed by atoms with Crippen LogP contribution < -0.4 is 16.6 Å². The highest BCUT2D eigenvalue weighted by molar-refractivity contribution is 6.39. The number of hydrogen-bond acceptors (Lipinski definition) is 5. The number of nitrogens with two attached hydrogens (primary N) is 1. The molecule has 1 aromatic heterocycles. The number of nitrogens with zero attached hydrogens (tertiary/aromatic N) is 2. The molecule has 1 aromatic carbocycles. The predicted octanol–water partition coefficient (Wildman–Crippen LogP) is 4.08. The number of hydrogen-bond donors (Lipinski definition) is 3. The minimum Gasteiger partial charge on any atom is -0.338 e. The maximum Gasteiger partial charge on any atom is 0.145 e. The number of halogens is 3. The Kier molecular flexibility index (Phi) is 4.82. The first-order valence-corrected chi connectivity index (χ1v) is 6.93. The van der Waals surface area contributed by atoms with E-state index in [1.165, 1.54) is 12.1 Å². The van der Waals surface area contributed by atoms with E-state index < -0.39 is 5.82 Å². The number of nitrogen functional groups attached to an aromatic ring is 1. The lowest BCUT2D eigenvalue weighted by Gasteiger charge is -2.13. The topological polar surface area (TPSA) is 75.9 Å². The number of benzene rings is 1. The molecule has 112 valence electrons. The van der Waals surface area contributed by atoms with Gasteiger partial charge in [-0.05, 0) is 12.1 Å². The van der Waals surface area contributed by atoms with Crippen molar-refractivity contribution in [1.82, 2.24) is 9.97 Å². The summed E-state index contributed by atoms with van der Waals surface area (Å²) in [7, 11) is 0. The highest BCUT2D eigenvalue weighted by Gasteiger charge is 2.12. The summed E-state index contributed by atoms with van der Waals surface area (Å²) < 4.78 is 13.2. The Balaban J connectivity index is 2.42. The lowest BCUT2D eigenvalue weighted by Crippen LogP contribution is -2.12. The molecule has 21 heavy (non-hydrogen) atoms. The number of anilines is 3. The third-order valence-corrected chi connectivity index (χ3v) is 3.26. The van der Waals surface area contributed by atoms with Crippen molar-refractivity contribution in [3.05, 3.63) is 39.9 Å². The van der Waals surface area contributed by atoms with Gasteiger partial charge in [0.1, 0.15) is 23.3 Å². The van der Waals surface area contributed by atoms with Crippen LogP contribution >= 0.6 is 23.2 Å². The van der Waals surface area contributed by atoms with Gasteiger partial charge in [-0.1, -0.05) is 37.0 Å². The van der Waals surface area contributed by atoms with Crippen LogP contribution in [0, 0.1) is 5.82 Å². The SMILES string of the molecule is CC(C)c1nc(NN)cc(Nc2c(Cl)cc(F)cc2Cl)n1. The molecule has 0 aliphatic carbocycles. The summed E-state index contributed by atoms with van der Waals surface area (Å²) in [6.45, 7) is 3.91. The van der Waals surface area contributed by atoms with Gasteiger partial charge in [0.05, 0.1) is 15.7 Å². The van der Waals surface area contributed by atoms with E-state index in [0.29, 0.717) is 23.1 Å². The smallest absolute Gasteiger partial charge is 0.145 e. The van der Waals surface area contributed by atoms with Crippen LogP contribution in [0.25, 0.3) is 0 Å². The molecular formula is C13H14Cl2FN5. The summed E-state index contributed by atoms with van der Waals surface area (Å²) in [5.74, 6) is 6.50. The molecular weight excluding hydrogens is 316 g/mol. The van der Waals surface area contributed by atoms with Gasteiger partial charge < -0.3 is 10.7 Å². The van der Waals surface area contributed by atoms with E-state index in [9.17, 15) is 4.39 Å². The fourth-order valence-electron chi connectivity index (χ4n) is 1.65. The molecule has 0 fully saturated rings. The predicted molar refractivity (Wildman–Crippen MR) is 83.6 cm³/mol. The van der Waals surface area contributed by atoms with E-state index in [1.807, 2.05) is 13.8 Å². The Morgan fingerprint density at radius 2 is 1.67 bits per heavy atom. The third-order valence-electron chi connectivity index (χ3n) is 2.67. The van der Waals surface area contributed by atoms with Crippen molar-refractivity contribution < 1.29 is 4.39 Å². The first kappa shape index (κ1) is 15.8. The molecule has 4 N–H and O–H groups in total. The van der Waals surface area contributed by atoms with E-state index >= 15 is 0 Å². The number of nitrogens with one attached hydrogen (secondary N) is 2. The fourth-order valence-corrected chi connectivity index (χ4v) is 2.21. The standard InChI is InChI=1S/C13H14Cl2FN5/c1-6(2)13-19-10(5-11(20-13)21-17)18-12-8(14)3-7(16)4-9(12)15/h3-6H,17H2,1-2H3,(H2,18,19,20,21). The summed E-state index contributed by atoms with van der Waals surface area (Å²) in [4.78, 5) is 8.59. The highest BCUT2D eigenvalue weighted by atomic mass is 35.5. The van der Waals surface area contributed by atoms with Crippen LogP contribution in [0.1, 0.15) is 25.6 Å². The normalized spacial score (nSPS) is 10.8. The maximum atomic E-state index is 13.2. The summed E-state index contributed by atoms with van der Waals surface area (Å²) in [6.07, 6.45) is 0. The minimum atomic E-state index is -0.509. The average molecular weight is 330 g/mol. The molecule has 8 heteroatoms. The van der Waals surface area contributed by atoms with Gasteiger partial charge >= 0.3 is 0 Å². The number of hydrazine groups is 1. The monoisotopic (exact) mass is 329 g/mol. The van der Waals surface area contributed by atoms with Crippen LogP contribution in [0.5, 0.6) is 0 Å². The molecule has 0 aliphatic heterocycles. The average Bonchev–Trinajstić information content (AvgIpc) is 2.42. The van der Waals surface area contributed by atoms with E-state index in [0.717, 1.165) is 0 Å². The van der Waals surface area contributed by atoms with Crippen molar-refractivity contribution in [3.63, 3.8) is 0 Å². The lowest BCUT2D eigenvalue weighted by molar-refractivity contribution is 0.628. The second-order valence-corrected chi connectivity index (χ2v) is 5.48. The molecule has 2 rings (SSSR count). The van der Waals surface area contributed by atoms with Gasteiger partial charge in [-0.3, -0.25) is 0 Å². The molecule has 0 unspecified atom stereocenters. The van der Waals surface area contributed by atoms with Gasteiger partial charge in [0.25, 0.3) is 0 Å². The van der Waals surface area contributed by atoms with Gasteiger partial charge in [-0.15, -0.1) is 0 Å². The zero-order chi connectivity index (χ0) is 15.6. The third kappa shape index (κ3) is 3.72. The molecule has 0 radical (unpaired) electrons. The summed E-state index contributed by atoms with van der Waals surface area (Å²) in [5, 5.41) is 3.28. The lowest BCUT2D eigenvalue weighted by atomic mass is 10.2. The first-order chi connectivity index (χ1) is 9.90. The van der Waals surface area contributed by atoms with Crippen LogP contribution in [0.4, 0.5) is 21.7 Å². The molecule has 0 bridgehead atoms. The molecule has 0 amide bonds. The molecule has 0 saturated heterocycles. The Labute approximate surface area is 131 Å². The van der Waals surface area contributed by atoms with E-state index in [1.54, 1.807) is 6.07 Å².